The van der Waals surface area contributed by atoms with Gasteiger partial charge in [-0.25, -0.2) is 0 Å². The van der Waals surface area contributed by atoms with Gasteiger partial charge in [-0.15, -0.1) is 0 Å². The lowest BCUT2D eigenvalue weighted by Gasteiger charge is -2.22. The second-order valence-corrected chi connectivity index (χ2v) is 6.12. The van der Waals surface area contributed by atoms with E-state index in [1.807, 2.05) is 18.2 Å². The van der Waals surface area contributed by atoms with Gasteiger partial charge in [-0.05, 0) is 62.9 Å². The van der Waals surface area contributed by atoms with Gasteiger partial charge in [0, 0.05) is 54.1 Å². The quantitative estimate of drug-likeness (QED) is 0.390. The van der Waals surface area contributed by atoms with Gasteiger partial charge in [-0.2, -0.15) is 0 Å². The maximum absolute atomic E-state index is 12.5. The van der Waals surface area contributed by atoms with Gasteiger partial charge in [-0.3, -0.25) is 0 Å². The molecule has 0 saturated heterocycles. The summed E-state index contributed by atoms with van der Waals surface area (Å²) in [5.74, 6) is 0. The minimum Gasteiger partial charge on any atom is -0.594 e. The molecule has 0 atom stereocenters. The Morgan fingerprint density at radius 1 is 0.800 bits per heavy atom. The van der Waals surface area contributed by atoms with Crippen molar-refractivity contribution >= 4 is 33.2 Å². The molecule has 0 aliphatic heterocycles. The van der Waals surface area contributed by atoms with Crippen LogP contribution >= 0.6 is 0 Å². The van der Waals surface area contributed by atoms with Crippen LogP contribution in [-0.4, -0.2) is 31.3 Å². The summed E-state index contributed by atoms with van der Waals surface area (Å²) in [5, 5.41) is 18.8. The summed E-state index contributed by atoms with van der Waals surface area (Å²) in [6.07, 6.45) is 0. The molecule has 0 bridgehead atoms. The Labute approximate surface area is 149 Å². The van der Waals surface area contributed by atoms with Crippen molar-refractivity contribution in [3.05, 3.63) is 41.6 Å². The van der Waals surface area contributed by atoms with Crippen LogP contribution in [0.2, 0.25) is 0 Å². The Morgan fingerprint density at radius 3 is 1.88 bits per heavy atom. The van der Waals surface area contributed by atoms with Crippen LogP contribution in [0.3, 0.4) is 0 Å². The Morgan fingerprint density at radius 2 is 1.32 bits per heavy atom. The fourth-order valence-corrected chi connectivity index (χ4v) is 3.46. The standard InChI is InChI=1S/C20H26N4O/c1-5-22(6-2)15-9-11-17-18-12-10-16(23(7-3)8-4)14-20(18)24(25)21-19(17)13-15/h9-14H,5-8H2,1-4H3. The molecule has 1 heterocycles. The predicted molar refractivity (Wildman–Crippen MR) is 105 cm³/mol. The van der Waals surface area contributed by atoms with Crippen LogP contribution in [0.1, 0.15) is 27.7 Å². The fourth-order valence-electron chi connectivity index (χ4n) is 3.46. The predicted octanol–water partition coefficient (Wildman–Crippen LogP) is 3.71. The highest BCUT2D eigenvalue weighted by Crippen LogP contribution is 2.28. The molecule has 5 nitrogen and oxygen atoms in total. The van der Waals surface area contributed by atoms with Gasteiger partial charge in [0.1, 0.15) is 5.52 Å². The van der Waals surface area contributed by atoms with Gasteiger partial charge in [0.15, 0.2) is 0 Å². The summed E-state index contributed by atoms with van der Waals surface area (Å²) in [7, 11) is 0. The molecule has 0 radical (unpaired) electrons. The van der Waals surface area contributed by atoms with Gasteiger partial charge >= 0.3 is 0 Å². The van der Waals surface area contributed by atoms with E-state index in [-0.39, 0.29) is 0 Å². The number of hydrogen-bond donors (Lipinski definition) is 0. The highest BCUT2D eigenvalue weighted by molar-refractivity contribution is 6.04. The summed E-state index contributed by atoms with van der Waals surface area (Å²) in [4.78, 5) is 5.24. The average molecular weight is 338 g/mol. The minimum atomic E-state index is 0.618. The van der Waals surface area contributed by atoms with Crippen LogP contribution in [-0.2, 0) is 0 Å². The van der Waals surface area contributed by atoms with E-state index in [0.717, 1.165) is 58.7 Å². The maximum atomic E-state index is 12.5. The van der Waals surface area contributed by atoms with Gasteiger partial charge in [0.25, 0.3) is 5.52 Å². The van der Waals surface area contributed by atoms with Crippen molar-refractivity contribution in [2.75, 3.05) is 36.0 Å². The first-order valence-corrected chi connectivity index (χ1v) is 9.10. The smallest absolute Gasteiger partial charge is 0.254 e. The molecule has 3 aromatic rings. The van der Waals surface area contributed by atoms with Crippen molar-refractivity contribution in [2.24, 2.45) is 0 Å². The molecule has 0 saturated carbocycles. The summed E-state index contributed by atoms with van der Waals surface area (Å²) in [6, 6.07) is 12.3. The molecule has 5 heteroatoms. The summed E-state index contributed by atoms with van der Waals surface area (Å²) in [5.41, 5.74) is 3.52. The molecule has 2 aromatic carbocycles. The number of nitrogens with zero attached hydrogens (tertiary/aromatic N) is 4. The summed E-state index contributed by atoms with van der Waals surface area (Å²) < 4.78 is 0. The zero-order valence-electron chi connectivity index (χ0n) is 15.5. The van der Waals surface area contributed by atoms with Gasteiger partial charge in [0.2, 0.25) is 0 Å². The number of fused-ring (bicyclic) bond motifs is 3. The maximum Gasteiger partial charge on any atom is 0.254 e. The Balaban J connectivity index is 2.18. The average Bonchev–Trinajstić information content (AvgIpc) is 2.64. The van der Waals surface area contributed by atoms with E-state index in [9.17, 15) is 5.21 Å². The first kappa shape index (κ1) is 17.3. The second kappa shape index (κ2) is 7.13. The topological polar surface area (TPSA) is 46.3 Å². The summed E-state index contributed by atoms with van der Waals surface area (Å²) in [6.45, 7) is 12.2. The van der Waals surface area contributed by atoms with Gasteiger partial charge < -0.3 is 15.0 Å². The van der Waals surface area contributed by atoms with Crippen LogP contribution in [0.5, 0.6) is 0 Å². The normalized spacial score (nSPS) is 11.2. The van der Waals surface area contributed by atoms with Crippen LogP contribution in [0.4, 0.5) is 11.4 Å². The third kappa shape index (κ3) is 3.06. The lowest BCUT2D eigenvalue weighted by molar-refractivity contribution is -0.639. The van der Waals surface area contributed by atoms with Gasteiger partial charge in [0.05, 0.1) is 5.39 Å². The van der Waals surface area contributed by atoms with E-state index < -0.39 is 0 Å². The van der Waals surface area contributed by atoms with E-state index in [1.165, 1.54) is 0 Å². The molecule has 0 spiro atoms. The van der Waals surface area contributed by atoms with E-state index in [4.69, 9.17) is 0 Å². The number of hydrogen-bond acceptors (Lipinski definition) is 4. The molecule has 0 aliphatic carbocycles. The molecule has 3 rings (SSSR count). The molecule has 132 valence electrons. The molecule has 0 amide bonds. The van der Waals surface area contributed by atoms with Crippen LogP contribution in [0.15, 0.2) is 36.4 Å². The van der Waals surface area contributed by atoms with E-state index in [1.54, 1.807) is 0 Å². The largest absolute Gasteiger partial charge is 0.594 e. The zero-order valence-corrected chi connectivity index (χ0v) is 15.5. The van der Waals surface area contributed by atoms with Crippen molar-refractivity contribution in [1.82, 2.24) is 5.10 Å². The summed E-state index contributed by atoms with van der Waals surface area (Å²) >= 11 is 0. The lowest BCUT2D eigenvalue weighted by atomic mass is 10.1. The van der Waals surface area contributed by atoms with Crippen LogP contribution < -0.4 is 14.6 Å². The second-order valence-electron chi connectivity index (χ2n) is 6.12. The van der Waals surface area contributed by atoms with E-state index in [0.29, 0.717) is 5.52 Å². The minimum absolute atomic E-state index is 0.618. The highest BCUT2D eigenvalue weighted by atomic mass is 16.5. The third-order valence-electron chi connectivity index (χ3n) is 4.91. The molecular formula is C20H26N4O. The lowest BCUT2D eigenvalue weighted by Crippen LogP contribution is -2.32. The molecule has 1 aromatic heterocycles. The SMILES string of the molecule is CCN(CC)c1ccc2c(c1)n[n+]([O-])c1cc(N(CC)CC)ccc21. The molecular weight excluding hydrogens is 312 g/mol. The number of aromatic nitrogens is 2. The molecule has 0 fully saturated rings. The molecule has 25 heavy (non-hydrogen) atoms. The molecule has 0 unspecified atom stereocenters. The van der Waals surface area contributed by atoms with Crippen molar-refractivity contribution in [3.63, 3.8) is 0 Å². The first-order valence-electron chi connectivity index (χ1n) is 9.10. The van der Waals surface area contributed by atoms with Crippen molar-refractivity contribution in [1.29, 1.82) is 0 Å². The van der Waals surface area contributed by atoms with Crippen LogP contribution in [0, 0.1) is 5.21 Å². The molecule has 0 N–H and O–H groups in total. The first-order chi connectivity index (χ1) is 12.1. The van der Waals surface area contributed by atoms with E-state index in [2.05, 4.69) is 60.8 Å². The van der Waals surface area contributed by atoms with Crippen molar-refractivity contribution in [2.45, 2.75) is 27.7 Å². The van der Waals surface area contributed by atoms with Crippen molar-refractivity contribution < 1.29 is 4.85 Å². The number of anilines is 2. The Kier molecular flexibility index (Phi) is 4.93. The van der Waals surface area contributed by atoms with Crippen molar-refractivity contribution in [3.8, 4) is 0 Å². The Bertz CT molecular complexity index is 886. The monoisotopic (exact) mass is 338 g/mol. The number of benzene rings is 2. The molecule has 0 aliphatic rings. The zero-order chi connectivity index (χ0) is 18.0. The third-order valence-corrected chi connectivity index (χ3v) is 4.91. The Hall–Kier alpha value is -2.56. The van der Waals surface area contributed by atoms with Gasteiger partial charge in [-0.1, -0.05) is 0 Å². The fraction of sp³-hybridized carbons (Fsp3) is 0.400. The van der Waals surface area contributed by atoms with E-state index >= 15 is 0 Å². The highest BCUT2D eigenvalue weighted by Gasteiger charge is 2.15. The van der Waals surface area contributed by atoms with Crippen LogP contribution in [0.25, 0.3) is 21.8 Å². The number of rotatable bonds is 6.